The Hall–Kier alpha value is -3.48. The number of carbonyl (C=O) groups excluding carboxylic acids is 2. The van der Waals surface area contributed by atoms with Crippen LogP contribution in [0.5, 0.6) is 0 Å². The molecule has 0 N–H and O–H groups in total. The first-order valence-electron chi connectivity index (χ1n) is 14.3. The van der Waals surface area contributed by atoms with Crippen molar-refractivity contribution >= 4 is 17.8 Å². The van der Waals surface area contributed by atoms with Crippen LogP contribution in [-0.2, 0) is 19.0 Å². The number of Topliss-reactive ketones (excluding diaryl/α,β-unsaturated/α-hetero) is 1. The van der Waals surface area contributed by atoms with Crippen LogP contribution in [0.4, 0.5) is 0 Å². The van der Waals surface area contributed by atoms with E-state index in [0.29, 0.717) is 31.2 Å². The molecule has 0 bridgehead atoms. The van der Waals surface area contributed by atoms with E-state index in [1.54, 1.807) is 0 Å². The quantitative estimate of drug-likeness (QED) is 0.125. The first kappa shape index (κ1) is 29.5. The highest BCUT2D eigenvalue weighted by molar-refractivity contribution is 6.01. The fourth-order valence-electron chi connectivity index (χ4n) is 5.24. The van der Waals surface area contributed by atoms with E-state index in [1.807, 2.05) is 68.5 Å². The molecule has 0 amide bonds. The number of carbonyl (C=O) groups is 2. The second-order valence-corrected chi connectivity index (χ2v) is 10.7. The average Bonchev–Trinajstić information content (AvgIpc) is 3.49. The molecule has 1 saturated heterocycles. The largest absolute Gasteiger partial charge is 0.469 e. The van der Waals surface area contributed by atoms with Gasteiger partial charge in [-0.2, -0.15) is 0 Å². The van der Waals surface area contributed by atoms with Gasteiger partial charge in [0.2, 0.25) is 0 Å². The van der Waals surface area contributed by atoms with Gasteiger partial charge in [-0.15, -0.1) is 0 Å². The molecule has 1 fully saturated rings. The van der Waals surface area contributed by atoms with Gasteiger partial charge in [-0.1, -0.05) is 74.4 Å². The fourth-order valence-corrected chi connectivity index (χ4v) is 5.24. The lowest BCUT2D eigenvalue weighted by molar-refractivity contribution is -0.144. The number of para-hydroxylation sites is 1. The highest BCUT2D eigenvalue weighted by atomic mass is 16.7. The minimum Gasteiger partial charge on any atom is -0.469 e. The number of rotatable bonds is 13. The molecule has 0 aliphatic carbocycles. The van der Waals surface area contributed by atoms with Gasteiger partial charge in [0.05, 0.1) is 24.6 Å². The van der Waals surface area contributed by atoms with E-state index in [4.69, 9.17) is 14.2 Å². The van der Waals surface area contributed by atoms with Crippen molar-refractivity contribution in [2.45, 2.75) is 83.7 Å². The molecule has 3 aromatic rings. The summed E-state index contributed by atoms with van der Waals surface area (Å²) in [7, 11) is 1.40. The summed E-state index contributed by atoms with van der Waals surface area (Å²) in [4.78, 5) is 25.3. The maximum Gasteiger partial charge on any atom is 0.305 e. The van der Waals surface area contributed by atoms with Crippen LogP contribution in [0.25, 0.3) is 23.0 Å². The summed E-state index contributed by atoms with van der Waals surface area (Å²) in [5, 5.41) is 0. The molecular weight excluding hydrogens is 502 g/mol. The van der Waals surface area contributed by atoms with Crippen LogP contribution in [-0.4, -0.2) is 41.4 Å². The molecule has 0 spiro atoms. The lowest BCUT2D eigenvalue weighted by Crippen LogP contribution is -2.21. The summed E-state index contributed by atoms with van der Waals surface area (Å²) in [6, 6.07) is 22.3. The average molecular weight is 544 g/mol. The minimum absolute atomic E-state index is 0.138. The predicted molar refractivity (Wildman–Crippen MR) is 158 cm³/mol. The van der Waals surface area contributed by atoms with Crippen molar-refractivity contribution < 1.29 is 23.8 Å². The Kier molecular flexibility index (Phi) is 10.1. The number of benzene rings is 2. The number of hydrogen-bond acceptors (Lipinski definition) is 5. The third-order valence-electron chi connectivity index (χ3n) is 7.19. The Morgan fingerprint density at radius 2 is 1.65 bits per heavy atom. The van der Waals surface area contributed by atoms with E-state index in [9.17, 15) is 9.59 Å². The van der Waals surface area contributed by atoms with E-state index in [-0.39, 0.29) is 24.0 Å². The predicted octanol–water partition coefficient (Wildman–Crippen LogP) is 7.78. The van der Waals surface area contributed by atoms with Gasteiger partial charge in [-0.05, 0) is 62.9 Å². The summed E-state index contributed by atoms with van der Waals surface area (Å²) < 4.78 is 19.4. The monoisotopic (exact) mass is 543 g/mol. The Balaban J connectivity index is 1.75. The van der Waals surface area contributed by atoms with Crippen molar-refractivity contribution in [2.24, 2.45) is 0 Å². The number of hydrogen-bond donors (Lipinski definition) is 0. The third-order valence-corrected chi connectivity index (χ3v) is 7.19. The van der Waals surface area contributed by atoms with Gasteiger partial charge < -0.3 is 18.8 Å². The zero-order valence-corrected chi connectivity index (χ0v) is 24.1. The smallest absolute Gasteiger partial charge is 0.305 e. The number of aromatic nitrogens is 1. The van der Waals surface area contributed by atoms with Crippen LogP contribution < -0.4 is 0 Å². The number of ether oxygens (including phenoxy) is 3. The normalized spacial score (nSPS) is 18.3. The maximum atomic E-state index is 13.6. The Morgan fingerprint density at radius 1 is 0.950 bits per heavy atom. The van der Waals surface area contributed by atoms with E-state index >= 15 is 0 Å². The van der Waals surface area contributed by atoms with Crippen molar-refractivity contribution in [3.63, 3.8) is 0 Å². The van der Waals surface area contributed by atoms with Crippen molar-refractivity contribution in [3.05, 3.63) is 84.1 Å². The van der Waals surface area contributed by atoms with Crippen LogP contribution in [0.3, 0.4) is 0 Å². The molecule has 0 unspecified atom stereocenters. The first-order valence-corrected chi connectivity index (χ1v) is 14.3. The molecule has 2 heterocycles. The van der Waals surface area contributed by atoms with Crippen LogP contribution in [0.15, 0.2) is 72.8 Å². The summed E-state index contributed by atoms with van der Waals surface area (Å²) in [5.41, 5.74) is 4.51. The van der Waals surface area contributed by atoms with Crippen molar-refractivity contribution in [1.82, 2.24) is 4.57 Å². The van der Waals surface area contributed by atoms with Crippen LogP contribution in [0.2, 0.25) is 0 Å². The van der Waals surface area contributed by atoms with Crippen LogP contribution >= 0.6 is 0 Å². The van der Waals surface area contributed by atoms with Crippen LogP contribution in [0.1, 0.15) is 81.8 Å². The Morgan fingerprint density at radius 3 is 2.33 bits per heavy atom. The number of unbranched alkanes of at least 4 members (excludes halogenated alkanes) is 2. The minimum atomic E-state index is -0.750. The van der Waals surface area contributed by atoms with Gasteiger partial charge in [0.25, 0.3) is 0 Å². The second kappa shape index (κ2) is 13.7. The van der Waals surface area contributed by atoms with Gasteiger partial charge in [-0.25, -0.2) is 0 Å². The molecule has 2 atom stereocenters. The zero-order chi connectivity index (χ0) is 28.5. The van der Waals surface area contributed by atoms with Gasteiger partial charge >= 0.3 is 5.97 Å². The van der Waals surface area contributed by atoms with Crippen molar-refractivity contribution in [3.8, 4) is 16.9 Å². The molecule has 6 heteroatoms. The standard InChI is InChI=1S/C34H41NO5/c1-5-6-9-19-30(36)27-24-29(25-15-10-7-11-16-25)35(26-17-12-8-13-18-26)28(27)22-23-32-31(39-34(2,3)40-32)20-14-21-33(37)38-4/h7-8,10-13,15-18,22-24,31-32H,5-6,9,14,19-21H2,1-4H3/b23-22+/t31-,32+/m0/s1. The number of ketones is 1. The SMILES string of the molecule is CCCCCC(=O)c1cc(-c2ccccc2)n(-c2ccccc2)c1/C=C/[C@H]1OC(C)(C)O[C@H]1CCCC(=O)OC. The summed E-state index contributed by atoms with van der Waals surface area (Å²) in [5.74, 6) is -0.843. The maximum absolute atomic E-state index is 13.6. The van der Waals surface area contributed by atoms with Gasteiger partial charge in [0.1, 0.15) is 6.10 Å². The molecule has 40 heavy (non-hydrogen) atoms. The summed E-state index contributed by atoms with van der Waals surface area (Å²) >= 11 is 0. The molecule has 1 aliphatic rings. The molecule has 2 aromatic carbocycles. The van der Waals surface area contributed by atoms with Crippen molar-refractivity contribution in [2.75, 3.05) is 7.11 Å². The number of nitrogens with zero attached hydrogens (tertiary/aromatic N) is 1. The van der Waals surface area contributed by atoms with E-state index < -0.39 is 5.79 Å². The third kappa shape index (κ3) is 7.38. The fraction of sp³-hybridized carbons (Fsp3) is 0.412. The highest BCUT2D eigenvalue weighted by Crippen LogP contribution is 2.35. The van der Waals surface area contributed by atoms with E-state index in [1.165, 1.54) is 7.11 Å². The van der Waals surface area contributed by atoms with Crippen molar-refractivity contribution in [1.29, 1.82) is 0 Å². The Labute approximate surface area is 238 Å². The lowest BCUT2D eigenvalue weighted by atomic mass is 10.0. The molecule has 4 rings (SSSR count). The highest BCUT2D eigenvalue weighted by Gasteiger charge is 2.39. The summed E-state index contributed by atoms with van der Waals surface area (Å²) in [6.45, 7) is 5.94. The Bertz CT molecular complexity index is 1290. The van der Waals surface area contributed by atoms with E-state index in [2.05, 4.69) is 35.8 Å². The molecular formula is C34H41NO5. The van der Waals surface area contributed by atoms with Gasteiger partial charge in [-0.3, -0.25) is 9.59 Å². The van der Waals surface area contributed by atoms with Gasteiger partial charge in [0, 0.05) is 24.1 Å². The lowest BCUT2D eigenvalue weighted by Gasteiger charge is -2.16. The molecule has 1 aromatic heterocycles. The topological polar surface area (TPSA) is 66.8 Å². The zero-order valence-electron chi connectivity index (χ0n) is 24.1. The number of methoxy groups -OCH3 is 1. The molecule has 212 valence electrons. The number of esters is 1. The van der Waals surface area contributed by atoms with Crippen LogP contribution in [0, 0.1) is 0 Å². The summed E-state index contributed by atoms with van der Waals surface area (Å²) in [6.07, 6.45) is 8.57. The van der Waals surface area contributed by atoms with E-state index in [0.717, 1.165) is 41.9 Å². The first-order chi connectivity index (χ1) is 19.3. The van der Waals surface area contributed by atoms with Gasteiger partial charge in [0.15, 0.2) is 11.6 Å². The molecule has 6 nitrogen and oxygen atoms in total. The molecule has 0 saturated carbocycles. The molecule has 0 radical (unpaired) electrons. The second-order valence-electron chi connectivity index (χ2n) is 10.7. The molecule has 1 aliphatic heterocycles.